The molecule has 0 aromatic heterocycles. The molecule has 2 N–H and O–H groups in total. The summed E-state index contributed by atoms with van der Waals surface area (Å²) in [5.41, 5.74) is 6.20. The van der Waals surface area contributed by atoms with Gasteiger partial charge in [-0.05, 0) is 132 Å². The molecule has 0 aliphatic carbocycles. The van der Waals surface area contributed by atoms with Gasteiger partial charge in [0.25, 0.3) is 0 Å². The summed E-state index contributed by atoms with van der Waals surface area (Å²) in [7, 11) is 0. The van der Waals surface area contributed by atoms with Crippen molar-refractivity contribution in [2.24, 2.45) is 20.5 Å². The summed E-state index contributed by atoms with van der Waals surface area (Å²) in [4.78, 5) is 22.4. The lowest BCUT2D eigenvalue weighted by Crippen LogP contribution is -2.18. The highest BCUT2D eigenvalue weighted by Crippen LogP contribution is 2.35. The van der Waals surface area contributed by atoms with E-state index in [1.807, 2.05) is 72.8 Å². The number of ether oxygens (including phenoxy) is 2. The number of hydrogen-bond acceptors (Lipinski definition) is 8. The quantitative estimate of drug-likeness (QED) is 0.123. The summed E-state index contributed by atoms with van der Waals surface area (Å²) in [5.74, 6) is 2.60. The number of hydrogen-bond donors (Lipinski definition) is 2. The maximum absolute atomic E-state index is 11.2. The Hall–Kier alpha value is -6.94. The fraction of sp³-hybridized carbons (Fsp3) is 0.116. The van der Waals surface area contributed by atoms with Crippen LogP contribution < -0.4 is 20.1 Å². The monoisotopic (exact) mass is 702 g/mol. The van der Waals surface area contributed by atoms with Crippen LogP contribution in [-0.2, 0) is 15.0 Å². The zero-order valence-electron chi connectivity index (χ0n) is 29.8. The van der Waals surface area contributed by atoms with Gasteiger partial charge in [0.2, 0.25) is 11.8 Å². The number of nitrogens with one attached hydrogen (secondary N) is 2. The summed E-state index contributed by atoms with van der Waals surface area (Å²) < 4.78 is 12.2. The van der Waals surface area contributed by atoms with E-state index in [9.17, 15) is 9.59 Å². The minimum atomic E-state index is -0.259. The first-order valence-corrected chi connectivity index (χ1v) is 16.9. The summed E-state index contributed by atoms with van der Waals surface area (Å²) >= 11 is 0. The van der Waals surface area contributed by atoms with Crippen LogP contribution in [0.5, 0.6) is 23.0 Å². The van der Waals surface area contributed by atoms with Crippen molar-refractivity contribution in [3.05, 3.63) is 157 Å². The Morgan fingerprint density at radius 1 is 0.415 bits per heavy atom. The molecule has 0 aliphatic rings. The van der Waals surface area contributed by atoms with E-state index in [0.717, 1.165) is 22.6 Å². The van der Waals surface area contributed by atoms with E-state index in [4.69, 9.17) is 9.47 Å². The zero-order chi connectivity index (χ0) is 37.2. The van der Waals surface area contributed by atoms with E-state index < -0.39 is 0 Å². The van der Waals surface area contributed by atoms with E-state index in [2.05, 4.69) is 69.2 Å². The number of amides is 2. The topological polar surface area (TPSA) is 126 Å². The van der Waals surface area contributed by atoms with Crippen molar-refractivity contribution in [1.82, 2.24) is 0 Å². The van der Waals surface area contributed by atoms with Crippen molar-refractivity contribution in [2.75, 3.05) is 10.6 Å². The normalized spacial score (nSPS) is 11.4. The molecule has 0 bridgehead atoms. The lowest BCUT2D eigenvalue weighted by molar-refractivity contribution is -0.115. The molecule has 264 valence electrons. The maximum atomic E-state index is 11.2. The Morgan fingerprint density at radius 3 is 0.925 bits per heavy atom. The Bertz CT molecular complexity index is 2050. The second kappa shape index (κ2) is 16.4. The third-order valence-electron chi connectivity index (χ3n) is 8.23. The molecule has 0 unspecified atom stereocenters. The predicted octanol–water partition coefficient (Wildman–Crippen LogP) is 12.3. The predicted molar refractivity (Wildman–Crippen MR) is 208 cm³/mol. The summed E-state index contributed by atoms with van der Waals surface area (Å²) in [5, 5.41) is 22.6. The van der Waals surface area contributed by atoms with Crippen LogP contribution >= 0.6 is 0 Å². The minimum absolute atomic E-state index is 0.122. The Kier molecular flexibility index (Phi) is 11.1. The Morgan fingerprint density at radius 2 is 0.660 bits per heavy atom. The Labute approximate surface area is 308 Å². The number of azo groups is 2. The number of carbonyl (C=O) groups excluding carboxylic acids is 2. The van der Waals surface area contributed by atoms with Gasteiger partial charge in [-0.25, -0.2) is 0 Å². The summed E-state index contributed by atoms with van der Waals surface area (Å²) in [6.45, 7) is 7.31. The molecule has 0 fully saturated rings. The van der Waals surface area contributed by atoms with Crippen LogP contribution in [0.3, 0.4) is 0 Å². The number of nitrogens with zero attached hydrogens (tertiary/aromatic N) is 4. The van der Waals surface area contributed by atoms with Crippen molar-refractivity contribution >= 4 is 45.9 Å². The average molecular weight is 703 g/mol. The van der Waals surface area contributed by atoms with Gasteiger partial charge in [-0.3, -0.25) is 9.59 Å². The molecular formula is C43H38N6O4. The van der Waals surface area contributed by atoms with E-state index >= 15 is 0 Å². The van der Waals surface area contributed by atoms with Crippen molar-refractivity contribution < 1.29 is 19.1 Å². The van der Waals surface area contributed by atoms with Gasteiger partial charge in [-0.1, -0.05) is 38.1 Å². The van der Waals surface area contributed by atoms with Gasteiger partial charge in [0.15, 0.2) is 0 Å². The van der Waals surface area contributed by atoms with Crippen molar-refractivity contribution in [1.29, 1.82) is 0 Å². The van der Waals surface area contributed by atoms with Gasteiger partial charge in [0.05, 0.1) is 22.7 Å². The molecule has 10 nitrogen and oxygen atoms in total. The molecule has 0 saturated carbocycles. The van der Waals surface area contributed by atoms with E-state index in [0.29, 0.717) is 45.6 Å². The van der Waals surface area contributed by atoms with Crippen molar-refractivity contribution in [2.45, 2.75) is 33.1 Å². The fourth-order valence-corrected chi connectivity index (χ4v) is 5.34. The molecule has 2 amide bonds. The van der Waals surface area contributed by atoms with E-state index in [-0.39, 0.29) is 17.2 Å². The highest BCUT2D eigenvalue weighted by Gasteiger charge is 2.23. The summed E-state index contributed by atoms with van der Waals surface area (Å²) in [6, 6.07) is 45.3. The SMILES string of the molecule is CC(=O)Nc1ccc(/N=N/c2ccc(Oc3ccc(C(C)(C)c4ccc(Oc5ccc(/N=N/c6ccc(NC(C)=O)cc6)cc5)cc4)cc3)cc2)cc1. The molecular weight excluding hydrogens is 665 g/mol. The third-order valence-corrected chi connectivity index (χ3v) is 8.23. The molecule has 6 rings (SSSR count). The van der Waals surface area contributed by atoms with Crippen LogP contribution in [0, 0.1) is 0 Å². The first kappa shape index (κ1) is 35.9. The van der Waals surface area contributed by atoms with Crippen LogP contribution in [0.25, 0.3) is 0 Å². The highest BCUT2D eigenvalue weighted by atomic mass is 16.5. The molecule has 0 saturated heterocycles. The van der Waals surface area contributed by atoms with Gasteiger partial charge >= 0.3 is 0 Å². The number of carbonyl (C=O) groups is 2. The average Bonchev–Trinajstić information content (AvgIpc) is 3.15. The molecule has 0 heterocycles. The van der Waals surface area contributed by atoms with Gasteiger partial charge in [-0.15, -0.1) is 0 Å². The van der Waals surface area contributed by atoms with Crippen LogP contribution in [0.4, 0.5) is 34.1 Å². The molecule has 53 heavy (non-hydrogen) atoms. The number of anilines is 2. The van der Waals surface area contributed by atoms with Gasteiger partial charge in [0.1, 0.15) is 23.0 Å². The number of rotatable bonds is 12. The standard InChI is InChI=1S/C43H38N6O4/c1-29(50)44-33-9-13-35(14-10-33)46-48-37-17-25-41(26-18-37)52-39-21-5-31(6-22-39)43(3,4)32-7-23-40(24-8-32)53-42-27-19-38(20-28-42)49-47-36-15-11-34(12-16-36)45-30(2)51/h5-28H,1-4H3,(H,44,50)(H,45,51)/b48-46+,49-47+. The van der Waals surface area contributed by atoms with Crippen molar-refractivity contribution in [3.63, 3.8) is 0 Å². The van der Waals surface area contributed by atoms with Crippen LogP contribution in [0.1, 0.15) is 38.8 Å². The molecule has 0 atom stereocenters. The molecule has 6 aromatic carbocycles. The molecule has 10 heteroatoms. The smallest absolute Gasteiger partial charge is 0.221 e. The molecule has 0 spiro atoms. The second-order valence-electron chi connectivity index (χ2n) is 12.7. The zero-order valence-corrected chi connectivity index (χ0v) is 29.8. The van der Waals surface area contributed by atoms with Crippen LogP contribution in [0.15, 0.2) is 166 Å². The van der Waals surface area contributed by atoms with Gasteiger partial charge in [-0.2, -0.15) is 20.5 Å². The first-order valence-electron chi connectivity index (χ1n) is 16.9. The largest absolute Gasteiger partial charge is 0.457 e. The fourth-order valence-electron chi connectivity index (χ4n) is 5.34. The lowest BCUT2D eigenvalue weighted by atomic mass is 9.78. The summed E-state index contributed by atoms with van der Waals surface area (Å²) in [6.07, 6.45) is 0. The first-order chi connectivity index (χ1) is 25.6. The molecule has 0 radical (unpaired) electrons. The third kappa shape index (κ3) is 10.1. The number of benzene rings is 6. The van der Waals surface area contributed by atoms with E-state index in [1.54, 1.807) is 48.5 Å². The van der Waals surface area contributed by atoms with Gasteiger partial charge < -0.3 is 20.1 Å². The van der Waals surface area contributed by atoms with Crippen LogP contribution in [0.2, 0.25) is 0 Å². The second-order valence-corrected chi connectivity index (χ2v) is 12.7. The maximum Gasteiger partial charge on any atom is 0.221 e. The highest BCUT2D eigenvalue weighted by molar-refractivity contribution is 5.89. The Balaban J connectivity index is 1.01. The van der Waals surface area contributed by atoms with Crippen LogP contribution in [-0.4, -0.2) is 11.8 Å². The molecule has 0 aliphatic heterocycles. The van der Waals surface area contributed by atoms with Crippen molar-refractivity contribution in [3.8, 4) is 23.0 Å². The van der Waals surface area contributed by atoms with E-state index in [1.165, 1.54) is 13.8 Å². The molecule has 6 aromatic rings. The minimum Gasteiger partial charge on any atom is -0.457 e. The van der Waals surface area contributed by atoms with Gasteiger partial charge in [0, 0.05) is 30.6 Å². The lowest BCUT2D eigenvalue weighted by Gasteiger charge is -2.26.